The van der Waals surface area contributed by atoms with Gasteiger partial charge < -0.3 is 15.1 Å². The predicted molar refractivity (Wildman–Crippen MR) is 154 cm³/mol. The average molecular weight is 546 g/mol. The van der Waals surface area contributed by atoms with Crippen LogP contribution in [-0.4, -0.2) is 70.5 Å². The molecule has 1 fully saturated rings. The fourth-order valence-corrected chi connectivity index (χ4v) is 6.07. The van der Waals surface area contributed by atoms with Crippen molar-refractivity contribution in [2.45, 2.75) is 51.0 Å². The minimum Gasteiger partial charge on any atom is -0.355 e. The summed E-state index contributed by atoms with van der Waals surface area (Å²) in [5.41, 5.74) is 2.56. The Morgan fingerprint density at radius 3 is 2.79 bits per heavy atom. The van der Waals surface area contributed by atoms with Crippen LogP contribution in [0.1, 0.15) is 44.0 Å². The topological polar surface area (TPSA) is 94.0 Å². The second kappa shape index (κ2) is 12.1. The van der Waals surface area contributed by atoms with Crippen LogP contribution in [0.25, 0.3) is 0 Å². The van der Waals surface area contributed by atoms with Crippen molar-refractivity contribution in [1.29, 1.82) is 0 Å². The average Bonchev–Trinajstić information content (AvgIpc) is 3.18. The molecule has 204 valence electrons. The Bertz CT molecular complexity index is 1340. The van der Waals surface area contributed by atoms with Crippen LogP contribution in [0.4, 0.5) is 5.69 Å². The Morgan fingerprint density at radius 1 is 1.15 bits per heavy atom. The van der Waals surface area contributed by atoms with Gasteiger partial charge in [-0.3, -0.25) is 24.5 Å². The molecule has 1 amide bonds. The number of aromatic nitrogens is 2. The van der Waals surface area contributed by atoms with E-state index in [9.17, 15) is 9.59 Å². The zero-order chi connectivity index (χ0) is 27.4. The second-order valence-corrected chi connectivity index (χ2v) is 11.1. The van der Waals surface area contributed by atoms with Crippen molar-refractivity contribution < 1.29 is 9.59 Å². The summed E-state index contributed by atoms with van der Waals surface area (Å²) in [5.74, 6) is 0.945. The first kappa shape index (κ1) is 27.1. The summed E-state index contributed by atoms with van der Waals surface area (Å²) >= 11 is 1.45. The molecule has 3 aliphatic heterocycles. The monoisotopic (exact) mass is 545 g/mol. The molecule has 5 rings (SSSR count). The number of hydrogen-bond donors (Lipinski definition) is 1. The number of aryl methyl sites for hydroxylation is 1. The van der Waals surface area contributed by atoms with Crippen LogP contribution in [0.2, 0.25) is 0 Å². The van der Waals surface area contributed by atoms with Crippen LogP contribution in [-0.2, 0) is 16.1 Å². The molecule has 4 heterocycles. The third-order valence-corrected chi connectivity index (χ3v) is 8.12. The third-order valence-electron chi connectivity index (χ3n) is 6.98. The van der Waals surface area contributed by atoms with E-state index in [2.05, 4.69) is 45.1 Å². The molecule has 0 unspecified atom stereocenters. The lowest BCUT2D eigenvalue weighted by molar-refractivity contribution is -0.122. The molecular formula is C29H35N7O2S. The molecule has 3 aliphatic rings. The number of benzene rings is 1. The van der Waals surface area contributed by atoms with Crippen molar-refractivity contribution in [3.63, 3.8) is 0 Å². The fraction of sp³-hybridized carbons (Fsp3) is 0.414. The zero-order valence-corrected chi connectivity index (χ0v) is 23.6. The SMILES string of the molecule is CCC/C=C(\N=C1/CC(=O)C(C(=O)NCc2cnc(C)cn2)=C2Sc3ccccc3N21)N1CCCN(C)CC1. The van der Waals surface area contributed by atoms with Gasteiger partial charge in [-0.2, -0.15) is 0 Å². The number of carbonyl (C=O) groups excluding carboxylic acids is 2. The van der Waals surface area contributed by atoms with Gasteiger partial charge in [0.2, 0.25) is 0 Å². The summed E-state index contributed by atoms with van der Waals surface area (Å²) in [6, 6.07) is 7.99. The van der Waals surface area contributed by atoms with Gasteiger partial charge in [0, 0.05) is 30.7 Å². The maximum atomic E-state index is 13.6. The molecule has 1 aromatic carbocycles. The van der Waals surface area contributed by atoms with Crippen LogP contribution in [0, 0.1) is 6.92 Å². The Labute approximate surface area is 234 Å². The number of Topliss-reactive ketones (excluding diaryl/α,β-unsaturated/α-hetero) is 1. The maximum absolute atomic E-state index is 13.6. The van der Waals surface area contributed by atoms with Gasteiger partial charge in [0.05, 0.1) is 36.2 Å². The van der Waals surface area contributed by atoms with Crippen LogP contribution in [0.15, 0.2) is 69.0 Å². The number of likely N-dealkylation sites (N-methyl/N-ethyl adjacent to an activating group) is 1. The highest BCUT2D eigenvalue weighted by Gasteiger charge is 2.41. The number of anilines is 1. The molecule has 0 aliphatic carbocycles. The fourth-order valence-electron chi connectivity index (χ4n) is 4.85. The first-order valence-electron chi connectivity index (χ1n) is 13.6. The normalized spacial score (nSPS) is 19.3. The van der Waals surface area contributed by atoms with Crippen LogP contribution < -0.4 is 10.2 Å². The van der Waals surface area contributed by atoms with Crippen molar-refractivity contribution >= 4 is 35.0 Å². The summed E-state index contributed by atoms with van der Waals surface area (Å²) in [5, 5.41) is 3.49. The largest absolute Gasteiger partial charge is 0.355 e. The van der Waals surface area contributed by atoms with Crippen LogP contribution in [0.5, 0.6) is 0 Å². The number of fused-ring (bicyclic) bond motifs is 3. The lowest BCUT2D eigenvalue weighted by atomic mass is 10.0. The van der Waals surface area contributed by atoms with E-state index < -0.39 is 5.91 Å². The summed E-state index contributed by atoms with van der Waals surface area (Å²) in [4.78, 5) is 48.3. The molecule has 0 atom stereocenters. The number of amidine groups is 1. The Kier molecular flexibility index (Phi) is 8.42. The van der Waals surface area contributed by atoms with E-state index in [1.165, 1.54) is 11.8 Å². The van der Waals surface area contributed by atoms with E-state index in [4.69, 9.17) is 4.99 Å². The number of nitrogens with zero attached hydrogens (tertiary/aromatic N) is 6. The standard InChI is InChI=1S/C29H35N7O2S/c1-4-5-11-25(35-13-8-12-34(3)14-15-35)33-26-16-23(37)27(28(38)32-19-21-18-30-20(2)17-31-21)29-36(26)22-9-6-7-10-24(22)39-29/h6-7,9-11,17-18H,4-5,8,12-16,19H2,1-3H3,(H,32,38)/b25-11+,33-26+. The van der Waals surface area contributed by atoms with Crippen molar-refractivity contribution in [3.8, 4) is 0 Å². The predicted octanol–water partition coefficient (Wildman–Crippen LogP) is 3.88. The molecule has 9 nitrogen and oxygen atoms in total. The van der Waals surface area contributed by atoms with Crippen molar-refractivity contribution in [2.24, 2.45) is 4.99 Å². The lowest BCUT2D eigenvalue weighted by Gasteiger charge is -2.30. The van der Waals surface area contributed by atoms with Gasteiger partial charge in [0.15, 0.2) is 5.78 Å². The first-order chi connectivity index (χ1) is 18.9. The molecule has 0 saturated carbocycles. The highest BCUT2D eigenvalue weighted by Crippen LogP contribution is 2.49. The molecule has 0 radical (unpaired) electrons. The van der Waals surface area contributed by atoms with Gasteiger partial charge in [-0.15, -0.1) is 0 Å². The van der Waals surface area contributed by atoms with Gasteiger partial charge in [-0.25, -0.2) is 4.99 Å². The minimum atomic E-state index is -0.404. The molecule has 1 N–H and O–H groups in total. The van der Waals surface area contributed by atoms with E-state index >= 15 is 0 Å². The van der Waals surface area contributed by atoms with E-state index in [0.29, 0.717) is 16.6 Å². The van der Waals surface area contributed by atoms with Gasteiger partial charge in [-0.05, 0) is 51.6 Å². The van der Waals surface area contributed by atoms with E-state index in [-0.39, 0.29) is 24.3 Å². The zero-order valence-electron chi connectivity index (χ0n) is 22.8. The highest BCUT2D eigenvalue weighted by atomic mass is 32.2. The number of allylic oxidation sites excluding steroid dienone is 1. The van der Waals surface area contributed by atoms with Crippen molar-refractivity contribution in [2.75, 3.05) is 38.1 Å². The highest BCUT2D eigenvalue weighted by molar-refractivity contribution is 8.04. The molecular weight excluding hydrogens is 510 g/mol. The van der Waals surface area contributed by atoms with Crippen molar-refractivity contribution in [1.82, 2.24) is 25.1 Å². The third kappa shape index (κ3) is 6.07. The molecule has 0 bridgehead atoms. The number of aliphatic imine (C=N–C) groups is 1. The smallest absolute Gasteiger partial charge is 0.257 e. The minimum absolute atomic E-state index is 0.0582. The Morgan fingerprint density at radius 2 is 2.00 bits per heavy atom. The summed E-state index contributed by atoms with van der Waals surface area (Å²) in [6.07, 6.45) is 8.54. The van der Waals surface area contributed by atoms with Crippen LogP contribution in [0.3, 0.4) is 0 Å². The molecule has 0 spiro atoms. The molecule has 10 heteroatoms. The molecule has 1 saturated heterocycles. The van der Waals surface area contributed by atoms with E-state index in [0.717, 1.165) is 67.5 Å². The quantitative estimate of drug-likeness (QED) is 0.524. The number of hydrogen-bond acceptors (Lipinski definition) is 8. The van der Waals surface area contributed by atoms with Gasteiger partial charge in [0.25, 0.3) is 5.91 Å². The molecule has 1 aromatic heterocycles. The number of para-hydroxylation sites is 1. The van der Waals surface area contributed by atoms with Crippen molar-refractivity contribution in [3.05, 3.63) is 70.5 Å². The van der Waals surface area contributed by atoms with Crippen LogP contribution >= 0.6 is 11.8 Å². The number of ketones is 1. The Hall–Kier alpha value is -3.50. The number of nitrogens with one attached hydrogen (secondary N) is 1. The molecule has 2 aromatic rings. The number of thioether (sulfide) groups is 1. The maximum Gasteiger partial charge on any atom is 0.257 e. The number of unbranched alkanes of at least 4 members (excludes halogenated alkanes) is 1. The summed E-state index contributed by atoms with van der Waals surface area (Å²) in [6.45, 7) is 8.05. The number of amides is 1. The molecule has 39 heavy (non-hydrogen) atoms. The van der Waals surface area contributed by atoms with Gasteiger partial charge in [-0.1, -0.05) is 37.2 Å². The van der Waals surface area contributed by atoms with Gasteiger partial charge >= 0.3 is 0 Å². The second-order valence-electron chi connectivity index (χ2n) is 10.0. The number of rotatable bonds is 7. The lowest BCUT2D eigenvalue weighted by Crippen LogP contribution is -2.41. The Balaban J connectivity index is 1.49. The van der Waals surface area contributed by atoms with Gasteiger partial charge in [0.1, 0.15) is 22.3 Å². The van der Waals surface area contributed by atoms with E-state index in [1.54, 1.807) is 12.4 Å². The summed E-state index contributed by atoms with van der Waals surface area (Å²) < 4.78 is 0. The first-order valence-corrected chi connectivity index (χ1v) is 14.4. The summed E-state index contributed by atoms with van der Waals surface area (Å²) in [7, 11) is 2.15. The number of carbonyl (C=O) groups is 2. The van der Waals surface area contributed by atoms with E-state index in [1.807, 2.05) is 36.1 Å².